The van der Waals surface area contributed by atoms with Gasteiger partial charge >= 0.3 is 0 Å². The van der Waals surface area contributed by atoms with Crippen LogP contribution in [0.1, 0.15) is 73.1 Å². The molecule has 0 amide bonds. The maximum atomic E-state index is 2.70. The second-order valence-corrected chi connectivity index (χ2v) is 5.98. The molecule has 2 fully saturated rings. The van der Waals surface area contributed by atoms with Crippen LogP contribution in [0.15, 0.2) is 0 Å². The van der Waals surface area contributed by atoms with Crippen LogP contribution < -0.4 is 0 Å². The van der Waals surface area contributed by atoms with E-state index in [0.717, 1.165) is 17.4 Å². The standard InChI is InChI=1S/C14H27N.C2H6/c1-4-12(3)15-8-6-14(7-9-15)10-13(5-2)11-14;1-2/h12-13H,4-11H2,1-3H3;1-2H3. The molecular weight excluding hydrogens is 206 g/mol. The molecule has 0 aromatic heterocycles. The van der Waals surface area contributed by atoms with Crippen molar-refractivity contribution in [1.29, 1.82) is 0 Å². The van der Waals surface area contributed by atoms with E-state index in [0.29, 0.717) is 0 Å². The van der Waals surface area contributed by atoms with Crippen LogP contribution in [-0.4, -0.2) is 24.0 Å². The summed E-state index contributed by atoms with van der Waals surface area (Å²) in [7, 11) is 0. The molecule has 0 aromatic carbocycles. The Bertz CT molecular complexity index is 196. The van der Waals surface area contributed by atoms with Crippen molar-refractivity contribution in [2.45, 2.75) is 79.2 Å². The molecule has 1 saturated carbocycles. The number of piperidine rings is 1. The Morgan fingerprint density at radius 3 is 2.06 bits per heavy atom. The van der Waals surface area contributed by atoms with E-state index in [1.807, 2.05) is 13.8 Å². The van der Waals surface area contributed by atoms with Gasteiger partial charge in [-0.25, -0.2) is 0 Å². The Morgan fingerprint density at radius 2 is 1.65 bits per heavy atom. The van der Waals surface area contributed by atoms with Gasteiger partial charge in [0.1, 0.15) is 0 Å². The maximum absolute atomic E-state index is 2.70. The van der Waals surface area contributed by atoms with Gasteiger partial charge in [-0.05, 0) is 63.5 Å². The lowest BCUT2D eigenvalue weighted by molar-refractivity contribution is -0.0236. The lowest BCUT2D eigenvalue weighted by Gasteiger charge is -2.53. The minimum Gasteiger partial charge on any atom is -0.301 e. The highest BCUT2D eigenvalue weighted by molar-refractivity contribution is 4.96. The van der Waals surface area contributed by atoms with Crippen LogP contribution in [0.3, 0.4) is 0 Å². The Labute approximate surface area is 109 Å². The average Bonchev–Trinajstić information content (AvgIpc) is 2.37. The molecular formula is C16H33N. The normalized spacial score (nSPS) is 25.9. The lowest BCUT2D eigenvalue weighted by Crippen LogP contribution is -2.49. The predicted molar refractivity (Wildman–Crippen MR) is 77.4 cm³/mol. The summed E-state index contributed by atoms with van der Waals surface area (Å²) in [4.78, 5) is 2.70. The van der Waals surface area contributed by atoms with Gasteiger partial charge in [0.25, 0.3) is 0 Å². The lowest BCUT2D eigenvalue weighted by atomic mass is 9.57. The summed E-state index contributed by atoms with van der Waals surface area (Å²) in [5.41, 5.74) is 0.796. The van der Waals surface area contributed by atoms with Crippen LogP contribution in [0.2, 0.25) is 0 Å². The SMILES string of the molecule is CC.CCC1CC2(CCN(C(C)CC)CC2)C1. The van der Waals surface area contributed by atoms with Crippen LogP contribution in [0.4, 0.5) is 0 Å². The molecule has 1 aliphatic heterocycles. The molecule has 1 nitrogen and oxygen atoms in total. The zero-order chi connectivity index (χ0) is 12.9. The van der Waals surface area contributed by atoms with Gasteiger partial charge < -0.3 is 4.90 Å². The second kappa shape index (κ2) is 6.78. The first-order chi connectivity index (χ1) is 8.19. The third kappa shape index (κ3) is 3.47. The number of nitrogens with zero attached hydrogens (tertiary/aromatic N) is 1. The van der Waals surface area contributed by atoms with Gasteiger partial charge in [-0.2, -0.15) is 0 Å². The molecule has 0 radical (unpaired) electrons. The topological polar surface area (TPSA) is 3.24 Å². The number of hydrogen-bond acceptors (Lipinski definition) is 1. The quantitative estimate of drug-likeness (QED) is 0.689. The van der Waals surface area contributed by atoms with E-state index in [2.05, 4.69) is 25.7 Å². The van der Waals surface area contributed by atoms with E-state index in [4.69, 9.17) is 0 Å². The summed E-state index contributed by atoms with van der Waals surface area (Å²) in [6.45, 7) is 13.8. The van der Waals surface area contributed by atoms with E-state index < -0.39 is 0 Å². The summed E-state index contributed by atoms with van der Waals surface area (Å²) < 4.78 is 0. The van der Waals surface area contributed by atoms with Crippen LogP contribution in [-0.2, 0) is 0 Å². The van der Waals surface area contributed by atoms with Crippen LogP contribution in [0.25, 0.3) is 0 Å². The largest absolute Gasteiger partial charge is 0.301 e. The molecule has 0 bridgehead atoms. The molecule has 2 rings (SSSR count). The third-order valence-electron chi connectivity index (χ3n) is 5.09. The Morgan fingerprint density at radius 1 is 1.12 bits per heavy atom. The van der Waals surface area contributed by atoms with Crippen molar-refractivity contribution in [3.63, 3.8) is 0 Å². The molecule has 1 aliphatic carbocycles. The van der Waals surface area contributed by atoms with Gasteiger partial charge in [-0.3, -0.25) is 0 Å². The molecule has 1 atom stereocenters. The van der Waals surface area contributed by atoms with Gasteiger partial charge in [-0.1, -0.05) is 34.1 Å². The number of rotatable bonds is 3. The highest BCUT2D eigenvalue weighted by Gasteiger charge is 2.44. The van der Waals surface area contributed by atoms with Crippen LogP contribution in [0, 0.1) is 11.3 Å². The molecule has 1 saturated heterocycles. The molecule has 1 heteroatoms. The molecule has 0 aromatic rings. The number of likely N-dealkylation sites (tertiary alicyclic amines) is 1. The fourth-order valence-electron chi connectivity index (χ4n) is 3.56. The van der Waals surface area contributed by atoms with Crippen molar-refractivity contribution >= 4 is 0 Å². The summed E-state index contributed by atoms with van der Waals surface area (Å²) in [5.74, 6) is 1.07. The minimum absolute atomic E-state index is 0.796. The summed E-state index contributed by atoms with van der Waals surface area (Å²) >= 11 is 0. The van der Waals surface area contributed by atoms with Crippen LogP contribution in [0.5, 0.6) is 0 Å². The van der Waals surface area contributed by atoms with Crippen molar-refractivity contribution in [1.82, 2.24) is 4.90 Å². The zero-order valence-electron chi connectivity index (χ0n) is 12.8. The highest BCUT2D eigenvalue weighted by Crippen LogP contribution is 2.53. The smallest absolute Gasteiger partial charge is 0.00643 e. The second-order valence-electron chi connectivity index (χ2n) is 5.98. The summed E-state index contributed by atoms with van der Waals surface area (Å²) in [5, 5.41) is 0. The average molecular weight is 239 g/mol. The van der Waals surface area contributed by atoms with Gasteiger partial charge in [-0.15, -0.1) is 0 Å². The monoisotopic (exact) mass is 239 g/mol. The van der Waals surface area contributed by atoms with Crippen molar-refractivity contribution in [2.75, 3.05) is 13.1 Å². The molecule has 1 unspecified atom stereocenters. The van der Waals surface area contributed by atoms with Crippen LogP contribution >= 0.6 is 0 Å². The molecule has 0 N–H and O–H groups in total. The van der Waals surface area contributed by atoms with Gasteiger partial charge in [0.15, 0.2) is 0 Å². The minimum atomic E-state index is 0.796. The summed E-state index contributed by atoms with van der Waals surface area (Å²) in [6, 6.07) is 0.810. The fraction of sp³-hybridized carbons (Fsp3) is 1.00. The maximum Gasteiger partial charge on any atom is 0.00643 e. The van der Waals surface area contributed by atoms with Gasteiger partial charge in [0.05, 0.1) is 0 Å². The fourth-order valence-corrected chi connectivity index (χ4v) is 3.56. The highest BCUT2D eigenvalue weighted by atomic mass is 15.2. The van der Waals surface area contributed by atoms with Gasteiger partial charge in [0.2, 0.25) is 0 Å². The molecule has 102 valence electrons. The Balaban J connectivity index is 0.000000686. The predicted octanol–water partition coefficient (Wildman–Crippen LogP) is 4.71. The van der Waals surface area contributed by atoms with E-state index >= 15 is 0 Å². The molecule has 1 spiro atoms. The van der Waals surface area contributed by atoms with E-state index in [-0.39, 0.29) is 0 Å². The molecule has 1 heterocycles. The van der Waals surface area contributed by atoms with E-state index in [1.165, 1.54) is 51.6 Å². The van der Waals surface area contributed by atoms with Crippen molar-refractivity contribution < 1.29 is 0 Å². The molecule has 17 heavy (non-hydrogen) atoms. The first-order valence-electron chi connectivity index (χ1n) is 7.93. The van der Waals surface area contributed by atoms with E-state index in [1.54, 1.807) is 0 Å². The van der Waals surface area contributed by atoms with Crippen molar-refractivity contribution in [3.8, 4) is 0 Å². The molecule has 2 aliphatic rings. The van der Waals surface area contributed by atoms with Crippen molar-refractivity contribution in [3.05, 3.63) is 0 Å². The third-order valence-corrected chi connectivity index (χ3v) is 5.09. The zero-order valence-corrected chi connectivity index (χ0v) is 12.8. The first kappa shape index (κ1) is 15.0. The van der Waals surface area contributed by atoms with Gasteiger partial charge in [0, 0.05) is 6.04 Å². The van der Waals surface area contributed by atoms with E-state index in [9.17, 15) is 0 Å². The first-order valence-corrected chi connectivity index (χ1v) is 7.93. The summed E-state index contributed by atoms with van der Waals surface area (Å²) in [6.07, 6.45) is 8.76. The number of hydrogen-bond donors (Lipinski definition) is 0. The Hall–Kier alpha value is -0.0400. The Kier molecular flexibility index (Phi) is 5.99. The van der Waals surface area contributed by atoms with Crippen molar-refractivity contribution in [2.24, 2.45) is 11.3 Å².